The Hall–Kier alpha value is -5.15. The van der Waals surface area contributed by atoms with E-state index < -0.39 is 5.41 Å². The van der Waals surface area contributed by atoms with E-state index >= 15 is 0 Å². The number of nitrogens with zero attached hydrogens (tertiary/aromatic N) is 5. The molecule has 1 aliphatic heterocycles. The summed E-state index contributed by atoms with van der Waals surface area (Å²) < 4.78 is 0. The maximum absolute atomic E-state index is 9.55. The van der Waals surface area contributed by atoms with Gasteiger partial charge in [0.1, 0.15) is 5.69 Å². The lowest BCUT2D eigenvalue weighted by Crippen LogP contribution is -2.46. The van der Waals surface area contributed by atoms with Crippen LogP contribution in [-0.4, -0.2) is 41.4 Å². The molecule has 0 aliphatic carbocycles. The predicted molar refractivity (Wildman–Crippen MR) is 172 cm³/mol. The van der Waals surface area contributed by atoms with Crippen molar-refractivity contribution in [2.24, 2.45) is 0 Å². The summed E-state index contributed by atoms with van der Waals surface area (Å²) >= 11 is 0. The fourth-order valence-electron chi connectivity index (χ4n) is 5.95. The van der Waals surface area contributed by atoms with E-state index in [1.54, 1.807) is 0 Å². The van der Waals surface area contributed by atoms with Crippen molar-refractivity contribution in [1.82, 2.24) is 15.2 Å². The van der Waals surface area contributed by atoms with Crippen molar-refractivity contribution < 1.29 is 0 Å². The van der Waals surface area contributed by atoms with Gasteiger partial charge in [-0.2, -0.15) is 10.4 Å². The van der Waals surface area contributed by atoms with Crippen molar-refractivity contribution in [2.45, 2.75) is 19.3 Å². The van der Waals surface area contributed by atoms with Gasteiger partial charge in [-0.3, -0.25) is 10.1 Å². The van der Waals surface area contributed by atoms with E-state index in [9.17, 15) is 5.26 Å². The molecule has 7 rings (SSSR count). The van der Waals surface area contributed by atoms with Crippen LogP contribution < -0.4 is 9.80 Å². The Balaban J connectivity index is 1.21. The van der Waals surface area contributed by atoms with Crippen LogP contribution in [0, 0.1) is 11.3 Å². The molecule has 2 aromatic heterocycles. The molecule has 0 bridgehead atoms. The van der Waals surface area contributed by atoms with Crippen LogP contribution in [0.3, 0.4) is 0 Å². The molecule has 6 nitrogen and oxygen atoms in total. The summed E-state index contributed by atoms with van der Waals surface area (Å²) in [6.45, 7) is 7.86. The SMILES string of the molecule is CC(C)(C#N)c1ccc(-c2n[nH]c3cnc4ccc(-c5cccc(N6CCN(c7ccccc7)CC6)c5)cc4c23)cc1. The number of nitriles is 1. The molecule has 3 heterocycles. The molecule has 0 atom stereocenters. The first-order valence-corrected chi connectivity index (χ1v) is 14.4. The van der Waals surface area contributed by atoms with Crippen LogP contribution in [0.4, 0.5) is 11.4 Å². The second kappa shape index (κ2) is 10.4. The van der Waals surface area contributed by atoms with Gasteiger partial charge in [0, 0.05) is 53.9 Å². The summed E-state index contributed by atoms with van der Waals surface area (Å²) in [6.07, 6.45) is 1.86. The van der Waals surface area contributed by atoms with Crippen molar-refractivity contribution in [1.29, 1.82) is 5.26 Å². The van der Waals surface area contributed by atoms with E-state index in [1.165, 1.54) is 16.9 Å². The molecular formula is C36H32N6. The summed E-state index contributed by atoms with van der Waals surface area (Å²) in [7, 11) is 0. The third-order valence-corrected chi connectivity index (χ3v) is 8.50. The molecular weight excluding hydrogens is 516 g/mol. The van der Waals surface area contributed by atoms with Crippen molar-refractivity contribution in [3.05, 3.63) is 109 Å². The lowest BCUT2D eigenvalue weighted by Gasteiger charge is -2.37. The summed E-state index contributed by atoms with van der Waals surface area (Å²) in [6, 6.07) is 36.6. The van der Waals surface area contributed by atoms with E-state index in [2.05, 4.69) is 106 Å². The van der Waals surface area contributed by atoms with E-state index in [4.69, 9.17) is 10.1 Å². The summed E-state index contributed by atoms with van der Waals surface area (Å²) in [5, 5.41) is 19.5. The number of aromatic nitrogens is 3. The first-order chi connectivity index (χ1) is 20.5. The van der Waals surface area contributed by atoms with Crippen LogP contribution in [0.15, 0.2) is 103 Å². The predicted octanol–water partition coefficient (Wildman–Crippen LogP) is 7.57. The average molecular weight is 549 g/mol. The lowest BCUT2D eigenvalue weighted by atomic mass is 9.86. The highest BCUT2D eigenvalue weighted by atomic mass is 15.3. The minimum atomic E-state index is -0.540. The molecule has 0 spiro atoms. The van der Waals surface area contributed by atoms with E-state index in [-0.39, 0.29) is 0 Å². The van der Waals surface area contributed by atoms with Gasteiger partial charge in [-0.15, -0.1) is 0 Å². The molecule has 206 valence electrons. The van der Waals surface area contributed by atoms with Crippen LogP contribution in [0.25, 0.3) is 44.2 Å². The van der Waals surface area contributed by atoms with Gasteiger partial charge in [0.05, 0.1) is 28.7 Å². The van der Waals surface area contributed by atoms with Crippen LogP contribution >= 0.6 is 0 Å². The van der Waals surface area contributed by atoms with Gasteiger partial charge < -0.3 is 9.80 Å². The number of benzene rings is 4. The highest BCUT2D eigenvalue weighted by Gasteiger charge is 2.21. The molecule has 0 unspecified atom stereocenters. The van der Waals surface area contributed by atoms with Gasteiger partial charge in [0.25, 0.3) is 0 Å². The minimum absolute atomic E-state index is 0.540. The number of fused-ring (bicyclic) bond motifs is 3. The van der Waals surface area contributed by atoms with E-state index in [1.807, 2.05) is 32.2 Å². The second-order valence-corrected chi connectivity index (χ2v) is 11.5. The maximum atomic E-state index is 9.55. The average Bonchev–Trinajstić information content (AvgIpc) is 3.50. The summed E-state index contributed by atoms with van der Waals surface area (Å²) in [5.74, 6) is 0. The molecule has 4 aromatic carbocycles. The quantitative estimate of drug-likeness (QED) is 0.241. The number of rotatable bonds is 5. The third kappa shape index (κ3) is 4.63. The van der Waals surface area contributed by atoms with Crippen LogP contribution in [0.1, 0.15) is 19.4 Å². The van der Waals surface area contributed by atoms with Gasteiger partial charge in [-0.25, -0.2) is 0 Å². The lowest BCUT2D eigenvalue weighted by molar-refractivity contribution is 0.653. The van der Waals surface area contributed by atoms with Crippen molar-refractivity contribution >= 4 is 33.2 Å². The molecule has 0 saturated carbocycles. The fourth-order valence-corrected chi connectivity index (χ4v) is 5.95. The fraction of sp³-hybridized carbons (Fsp3) is 0.194. The Kier molecular flexibility index (Phi) is 6.36. The Morgan fingerprint density at radius 1 is 0.738 bits per heavy atom. The third-order valence-electron chi connectivity index (χ3n) is 8.50. The summed E-state index contributed by atoms with van der Waals surface area (Å²) in [4.78, 5) is 9.65. The van der Waals surface area contributed by atoms with Crippen LogP contribution in [-0.2, 0) is 5.41 Å². The molecule has 1 fully saturated rings. The molecule has 0 amide bonds. The Morgan fingerprint density at radius 3 is 2.14 bits per heavy atom. The Bertz CT molecular complexity index is 1920. The number of aromatic amines is 1. The van der Waals surface area contributed by atoms with Crippen molar-refractivity contribution in [2.75, 3.05) is 36.0 Å². The van der Waals surface area contributed by atoms with Crippen LogP contribution in [0.2, 0.25) is 0 Å². The van der Waals surface area contributed by atoms with E-state index in [0.717, 1.165) is 70.4 Å². The normalized spacial score (nSPS) is 13.9. The zero-order valence-electron chi connectivity index (χ0n) is 23.9. The second-order valence-electron chi connectivity index (χ2n) is 11.5. The summed E-state index contributed by atoms with van der Waals surface area (Å²) in [5.41, 5.74) is 9.07. The van der Waals surface area contributed by atoms with E-state index in [0.29, 0.717) is 0 Å². The zero-order chi connectivity index (χ0) is 28.7. The maximum Gasteiger partial charge on any atom is 0.101 e. The number of anilines is 2. The number of pyridine rings is 1. The highest BCUT2D eigenvalue weighted by Crippen LogP contribution is 2.35. The number of piperazine rings is 1. The van der Waals surface area contributed by atoms with Crippen molar-refractivity contribution in [3.8, 4) is 28.5 Å². The standard InChI is InChI=1S/C36H32N6/c1-36(2,24-37)28-14-11-25(12-15-28)35-34-31-22-27(13-16-32(31)38-23-33(34)39-40-35)26-7-6-10-30(21-26)42-19-17-41(18-20-42)29-8-4-3-5-9-29/h3-16,21-23H,17-20H2,1-2H3,(H,39,40). The Labute approximate surface area is 245 Å². The molecule has 6 aromatic rings. The van der Waals surface area contributed by atoms with Gasteiger partial charge in [0.2, 0.25) is 0 Å². The number of para-hydroxylation sites is 1. The smallest absolute Gasteiger partial charge is 0.101 e. The molecule has 0 radical (unpaired) electrons. The van der Waals surface area contributed by atoms with Gasteiger partial charge in [-0.05, 0) is 66.9 Å². The molecule has 1 aliphatic rings. The number of hydrogen-bond acceptors (Lipinski definition) is 5. The molecule has 42 heavy (non-hydrogen) atoms. The first-order valence-electron chi connectivity index (χ1n) is 14.4. The number of hydrogen-bond donors (Lipinski definition) is 1. The largest absolute Gasteiger partial charge is 0.368 e. The molecule has 1 saturated heterocycles. The van der Waals surface area contributed by atoms with Crippen LogP contribution in [0.5, 0.6) is 0 Å². The number of nitrogens with one attached hydrogen (secondary N) is 1. The van der Waals surface area contributed by atoms with Gasteiger partial charge >= 0.3 is 0 Å². The highest BCUT2D eigenvalue weighted by molar-refractivity contribution is 6.11. The first kappa shape index (κ1) is 25.8. The molecule has 6 heteroatoms. The minimum Gasteiger partial charge on any atom is -0.368 e. The van der Waals surface area contributed by atoms with Gasteiger partial charge in [-0.1, -0.05) is 60.7 Å². The van der Waals surface area contributed by atoms with Crippen molar-refractivity contribution in [3.63, 3.8) is 0 Å². The van der Waals surface area contributed by atoms with Gasteiger partial charge in [0.15, 0.2) is 0 Å². The zero-order valence-corrected chi connectivity index (χ0v) is 23.9. The number of H-pyrrole nitrogens is 1. The molecule has 1 N–H and O–H groups in total. The monoisotopic (exact) mass is 548 g/mol. The Morgan fingerprint density at radius 2 is 1.40 bits per heavy atom. The topological polar surface area (TPSA) is 71.8 Å².